The zero-order valence-corrected chi connectivity index (χ0v) is 13.4. The van der Waals surface area contributed by atoms with Gasteiger partial charge in [0.15, 0.2) is 0 Å². The van der Waals surface area contributed by atoms with Gasteiger partial charge in [-0.1, -0.05) is 0 Å². The van der Waals surface area contributed by atoms with Gasteiger partial charge in [0.25, 0.3) is 0 Å². The van der Waals surface area contributed by atoms with Crippen molar-refractivity contribution in [2.45, 2.75) is 33.4 Å². The largest absolute Gasteiger partial charge is 0.305 e. The Morgan fingerprint density at radius 2 is 2.12 bits per heavy atom. The molecule has 2 rings (SSSR count). The molecule has 2 aromatic heterocycles. The summed E-state index contributed by atoms with van der Waals surface area (Å²) in [5.41, 5.74) is 1.40. The van der Waals surface area contributed by atoms with Gasteiger partial charge in [-0.25, -0.2) is 0 Å². The van der Waals surface area contributed by atoms with E-state index in [0.717, 1.165) is 6.54 Å². The van der Waals surface area contributed by atoms with Gasteiger partial charge < -0.3 is 5.32 Å². The smallest absolute Gasteiger partial charge is 0.0389 e. The molecule has 0 saturated carbocycles. The van der Waals surface area contributed by atoms with Gasteiger partial charge in [-0.2, -0.15) is 0 Å². The van der Waals surface area contributed by atoms with Crippen LogP contribution in [0, 0.1) is 13.8 Å². The summed E-state index contributed by atoms with van der Waals surface area (Å²) < 4.78 is 1.17. The molecule has 0 aliphatic carbocycles. The second-order valence-electron chi connectivity index (χ2n) is 4.22. The minimum Gasteiger partial charge on any atom is -0.305 e. The van der Waals surface area contributed by atoms with E-state index in [-0.39, 0.29) is 0 Å². The molecular weight excluding hydrogens is 314 g/mol. The van der Waals surface area contributed by atoms with Crippen LogP contribution in [0.1, 0.15) is 33.2 Å². The molecule has 0 amide bonds. The standard InChI is InChI=1S/C13H16BrNS2/c1-8-4-12(17-10(8)3)6-15-9(2)13-5-11(14)7-16-13/h4-5,7,9,15H,6H2,1-3H3. The van der Waals surface area contributed by atoms with E-state index in [1.807, 2.05) is 11.3 Å². The summed E-state index contributed by atoms with van der Waals surface area (Å²) in [7, 11) is 0. The van der Waals surface area contributed by atoms with Gasteiger partial charge >= 0.3 is 0 Å². The number of hydrogen-bond donors (Lipinski definition) is 1. The van der Waals surface area contributed by atoms with Gasteiger partial charge in [-0.15, -0.1) is 22.7 Å². The van der Waals surface area contributed by atoms with Crippen LogP contribution in [-0.2, 0) is 6.54 Å². The van der Waals surface area contributed by atoms with Crippen LogP contribution >= 0.6 is 38.6 Å². The fraction of sp³-hybridized carbons (Fsp3) is 0.385. The Kier molecular flexibility index (Phi) is 4.42. The monoisotopic (exact) mass is 329 g/mol. The maximum atomic E-state index is 3.57. The number of thiophene rings is 2. The van der Waals surface area contributed by atoms with E-state index < -0.39 is 0 Å². The molecule has 0 aromatic carbocycles. The third kappa shape index (κ3) is 3.41. The van der Waals surface area contributed by atoms with E-state index >= 15 is 0 Å². The minimum atomic E-state index is 0.411. The van der Waals surface area contributed by atoms with Crippen LogP contribution in [0.2, 0.25) is 0 Å². The first-order chi connectivity index (χ1) is 8.06. The lowest BCUT2D eigenvalue weighted by Crippen LogP contribution is -2.16. The number of rotatable bonds is 4. The Morgan fingerprint density at radius 1 is 1.35 bits per heavy atom. The van der Waals surface area contributed by atoms with Crippen molar-refractivity contribution in [3.63, 3.8) is 0 Å². The zero-order chi connectivity index (χ0) is 12.4. The maximum absolute atomic E-state index is 3.57. The summed E-state index contributed by atoms with van der Waals surface area (Å²) in [6.07, 6.45) is 0. The molecule has 0 aliphatic rings. The topological polar surface area (TPSA) is 12.0 Å². The number of aryl methyl sites for hydroxylation is 2. The van der Waals surface area contributed by atoms with Crippen LogP contribution in [0.3, 0.4) is 0 Å². The number of halogens is 1. The number of nitrogens with one attached hydrogen (secondary N) is 1. The molecule has 1 unspecified atom stereocenters. The van der Waals surface area contributed by atoms with Crippen LogP contribution in [0.4, 0.5) is 0 Å². The summed E-state index contributed by atoms with van der Waals surface area (Å²) in [6.45, 7) is 7.53. The average molecular weight is 330 g/mol. The molecule has 0 saturated heterocycles. The van der Waals surface area contributed by atoms with Crippen molar-refractivity contribution in [2.24, 2.45) is 0 Å². The summed E-state index contributed by atoms with van der Waals surface area (Å²) >= 11 is 7.18. The fourth-order valence-electron chi connectivity index (χ4n) is 1.65. The van der Waals surface area contributed by atoms with Crippen molar-refractivity contribution in [1.82, 2.24) is 5.32 Å². The molecule has 0 bridgehead atoms. The van der Waals surface area contributed by atoms with Crippen molar-refractivity contribution in [3.05, 3.63) is 42.2 Å². The molecule has 4 heteroatoms. The van der Waals surface area contributed by atoms with E-state index in [1.54, 1.807) is 11.3 Å². The van der Waals surface area contributed by atoms with Crippen molar-refractivity contribution in [3.8, 4) is 0 Å². The van der Waals surface area contributed by atoms with Crippen molar-refractivity contribution >= 4 is 38.6 Å². The van der Waals surface area contributed by atoms with E-state index in [4.69, 9.17) is 0 Å². The van der Waals surface area contributed by atoms with Crippen LogP contribution in [0.5, 0.6) is 0 Å². The summed E-state index contributed by atoms with van der Waals surface area (Å²) in [5, 5.41) is 5.70. The third-order valence-corrected chi connectivity index (χ3v) is 5.84. The van der Waals surface area contributed by atoms with Gasteiger partial charge in [-0.3, -0.25) is 0 Å². The predicted octanol–water partition coefficient (Wildman–Crippen LogP) is 5.04. The van der Waals surface area contributed by atoms with Crippen molar-refractivity contribution in [1.29, 1.82) is 0 Å². The van der Waals surface area contributed by atoms with Crippen LogP contribution in [-0.4, -0.2) is 0 Å². The Bertz CT molecular complexity index is 482. The van der Waals surface area contributed by atoms with Gasteiger partial charge in [0.05, 0.1) is 0 Å². The molecule has 0 spiro atoms. The Labute approximate surface area is 119 Å². The van der Waals surface area contributed by atoms with Crippen LogP contribution in [0.25, 0.3) is 0 Å². The van der Waals surface area contributed by atoms with Crippen molar-refractivity contribution in [2.75, 3.05) is 0 Å². The average Bonchev–Trinajstić information content (AvgIpc) is 2.83. The predicted molar refractivity (Wildman–Crippen MR) is 81.1 cm³/mol. The van der Waals surface area contributed by atoms with E-state index in [1.165, 1.54) is 24.7 Å². The Balaban J connectivity index is 1.94. The molecule has 92 valence electrons. The van der Waals surface area contributed by atoms with Crippen LogP contribution < -0.4 is 5.32 Å². The molecule has 2 aromatic rings. The molecular formula is C13H16BrNS2. The van der Waals surface area contributed by atoms with E-state index in [9.17, 15) is 0 Å². The lowest BCUT2D eigenvalue weighted by molar-refractivity contribution is 0.587. The first-order valence-corrected chi connectivity index (χ1v) is 8.08. The summed E-state index contributed by atoms with van der Waals surface area (Å²) in [5.74, 6) is 0. The normalized spacial score (nSPS) is 12.9. The molecule has 2 heterocycles. The molecule has 1 nitrogen and oxygen atoms in total. The molecule has 1 atom stereocenters. The second kappa shape index (κ2) is 5.65. The highest BCUT2D eigenvalue weighted by molar-refractivity contribution is 9.10. The summed E-state index contributed by atoms with van der Waals surface area (Å²) in [4.78, 5) is 4.22. The van der Waals surface area contributed by atoms with E-state index in [2.05, 4.69) is 59.5 Å². The zero-order valence-electron chi connectivity index (χ0n) is 10.2. The number of hydrogen-bond acceptors (Lipinski definition) is 3. The lowest BCUT2D eigenvalue weighted by Gasteiger charge is -2.10. The highest BCUT2D eigenvalue weighted by Crippen LogP contribution is 2.26. The molecule has 0 aliphatic heterocycles. The SMILES string of the molecule is Cc1cc(CNC(C)c2cc(Br)cs2)sc1C. The summed E-state index contributed by atoms with van der Waals surface area (Å²) in [6, 6.07) is 4.88. The highest BCUT2D eigenvalue weighted by atomic mass is 79.9. The van der Waals surface area contributed by atoms with Crippen LogP contribution in [0.15, 0.2) is 22.0 Å². The molecule has 1 N–H and O–H groups in total. The highest BCUT2D eigenvalue weighted by Gasteiger charge is 2.08. The lowest BCUT2D eigenvalue weighted by atomic mass is 10.2. The van der Waals surface area contributed by atoms with E-state index in [0.29, 0.717) is 6.04 Å². The fourth-order valence-corrected chi connectivity index (χ4v) is 4.13. The Morgan fingerprint density at radius 3 is 2.65 bits per heavy atom. The quantitative estimate of drug-likeness (QED) is 0.828. The van der Waals surface area contributed by atoms with Crippen molar-refractivity contribution < 1.29 is 0 Å². The third-order valence-electron chi connectivity index (χ3n) is 2.81. The first-order valence-electron chi connectivity index (χ1n) is 5.59. The van der Waals surface area contributed by atoms with Gasteiger partial charge in [0.2, 0.25) is 0 Å². The van der Waals surface area contributed by atoms with Gasteiger partial charge in [0, 0.05) is 37.1 Å². The van der Waals surface area contributed by atoms with Gasteiger partial charge in [0.1, 0.15) is 0 Å². The molecule has 0 radical (unpaired) electrons. The maximum Gasteiger partial charge on any atom is 0.0389 e. The second-order valence-corrected chi connectivity index (χ2v) is 7.42. The molecule has 17 heavy (non-hydrogen) atoms. The first kappa shape index (κ1) is 13.3. The van der Waals surface area contributed by atoms with Gasteiger partial charge in [-0.05, 0) is 54.4 Å². The Hall–Kier alpha value is -0.160. The molecule has 0 fully saturated rings. The minimum absolute atomic E-state index is 0.411.